The number of thioether (sulfide) groups is 1. The highest BCUT2D eigenvalue weighted by Gasteiger charge is 2.20. The van der Waals surface area contributed by atoms with Gasteiger partial charge in [0, 0.05) is 13.1 Å². The average Bonchev–Trinajstić information content (AvgIpc) is 2.57. The van der Waals surface area contributed by atoms with E-state index < -0.39 is 5.82 Å². The number of hydrogen-bond acceptors (Lipinski definition) is 7. The van der Waals surface area contributed by atoms with Gasteiger partial charge in [-0.2, -0.15) is 4.98 Å². The van der Waals surface area contributed by atoms with E-state index in [0.29, 0.717) is 22.9 Å². The van der Waals surface area contributed by atoms with Gasteiger partial charge < -0.3 is 15.4 Å². The van der Waals surface area contributed by atoms with Crippen molar-refractivity contribution in [2.75, 3.05) is 38.3 Å². The van der Waals surface area contributed by atoms with Crippen molar-refractivity contribution in [2.24, 2.45) is 0 Å². The molecular weight excluding hydrogens is 341 g/mol. The lowest BCUT2D eigenvalue weighted by Crippen LogP contribution is -2.23. The molecule has 0 spiro atoms. The van der Waals surface area contributed by atoms with Gasteiger partial charge in [-0.1, -0.05) is 30.3 Å². The molecule has 0 aromatic carbocycles. The summed E-state index contributed by atoms with van der Waals surface area (Å²) in [6.45, 7) is 4.44. The number of fused-ring (bicyclic) bond motifs is 1. The summed E-state index contributed by atoms with van der Waals surface area (Å²) < 4.78 is 19.5. The van der Waals surface area contributed by atoms with Crippen LogP contribution in [0.3, 0.4) is 0 Å². The maximum atomic E-state index is 14.3. The summed E-state index contributed by atoms with van der Waals surface area (Å²) in [5, 5.41) is 7.04. The van der Waals surface area contributed by atoms with Gasteiger partial charge in [0.2, 0.25) is 5.88 Å². The minimum absolute atomic E-state index is 0.102. The Labute approximate surface area is 143 Å². The van der Waals surface area contributed by atoms with E-state index in [2.05, 4.69) is 32.5 Å². The minimum atomic E-state index is -0.674. The fourth-order valence-electron chi connectivity index (χ4n) is 2.03. The third-order valence-electron chi connectivity index (χ3n) is 3.09. The average molecular weight is 360 g/mol. The van der Waals surface area contributed by atoms with Crippen LogP contribution in [-0.4, -0.2) is 48.0 Å². The third kappa shape index (κ3) is 4.13. The molecular formula is C14H19ClFN5OS. The van der Waals surface area contributed by atoms with Crippen molar-refractivity contribution in [3.05, 3.63) is 11.0 Å². The molecule has 2 N–H and O–H groups in total. The molecule has 0 bridgehead atoms. The van der Waals surface area contributed by atoms with Crippen molar-refractivity contribution in [2.45, 2.75) is 18.5 Å². The molecule has 0 aliphatic heterocycles. The Bertz CT molecular complexity index is 688. The molecule has 2 rings (SSSR count). The zero-order valence-corrected chi connectivity index (χ0v) is 14.8. The molecule has 0 aliphatic carbocycles. The van der Waals surface area contributed by atoms with Gasteiger partial charge in [0.05, 0.1) is 7.11 Å². The second kappa shape index (κ2) is 8.47. The summed E-state index contributed by atoms with van der Waals surface area (Å²) >= 11 is 7.14. The lowest BCUT2D eigenvalue weighted by molar-refractivity contribution is 0.402. The van der Waals surface area contributed by atoms with Gasteiger partial charge in [0.25, 0.3) is 0 Å². The Morgan fingerprint density at radius 3 is 2.65 bits per heavy atom. The van der Waals surface area contributed by atoms with E-state index in [4.69, 9.17) is 16.3 Å². The van der Waals surface area contributed by atoms with Gasteiger partial charge in [0.15, 0.2) is 16.1 Å². The van der Waals surface area contributed by atoms with Crippen LogP contribution in [0.1, 0.15) is 13.3 Å². The van der Waals surface area contributed by atoms with Crippen LogP contribution >= 0.6 is 23.4 Å². The van der Waals surface area contributed by atoms with E-state index in [0.717, 1.165) is 19.5 Å². The number of nitrogens with one attached hydrogen (secondary N) is 2. The van der Waals surface area contributed by atoms with E-state index in [9.17, 15) is 4.39 Å². The molecule has 0 radical (unpaired) electrons. The second-order valence-electron chi connectivity index (χ2n) is 4.69. The number of methoxy groups -OCH3 is 1. The third-order valence-corrected chi connectivity index (χ3v) is 3.89. The van der Waals surface area contributed by atoms with Gasteiger partial charge in [-0.15, -0.1) is 0 Å². The molecule has 0 fully saturated rings. The monoisotopic (exact) mass is 359 g/mol. The summed E-state index contributed by atoms with van der Waals surface area (Å²) in [6, 6.07) is 0. The molecule has 2 heterocycles. The molecule has 0 amide bonds. The first-order valence-electron chi connectivity index (χ1n) is 7.21. The molecule has 2 aromatic heterocycles. The number of hydrogen-bond donors (Lipinski definition) is 2. The van der Waals surface area contributed by atoms with Crippen molar-refractivity contribution < 1.29 is 9.13 Å². The highest BCUT2D eigenvalue weighted by molar-refractivity contribution is 7.98. The van der Waals surface area contributed by atoms with E-state index in [1.54, 1.807) is 0 Å². The summed E-state index contributed by atoms with van der Waals surface area (Å²) in [5.74, 6) is 0.00737. The maximum absolute atomic E-state index is 14.3. The van der Waals surface area contributed by atoms with Crippen LogP contribution in [0, 0.1) is 5.82 Å². The van der Waals surface area contributed by atoms with E-state index in [1.807, 2.05) is 6.26 Å². The van der Waals surface area contributed by atoms with Crippen LogP contribution in [-0.2, 0) is 0 Å². The first-order chi connectivity index (χ1) is 11.1. The summed E-state index contributed by atoms with van der Waals surface area (Å²) in [5.41, 5.74) is 0.102. The quantitative estimate of drug-likeness (QED) is 0.325. The predicted molar refractivity (Wildman–Crippen MR) is 92.3 cm³/mol. The second-order valence-corrected chi connectivity index (χ2v) is 5.82. The fraction of sp³-hybridized carbons (Fsp3) is 0.500. The molecule has 6 nitrogen and oxygen atoms in total. The number of pyridine rings is 1. The van der Waals surface area contributed by atoms with Crippen molar-refractivity contribution in [3.8, 4) is 5.88 Å². The molecule has 9 heteroatoms. The molecule has 0 saturated heterocycles. The smallest absolute Gasteiger partial charge is 0.228 e. The Hall–Kier alpha value is -1.38. The van der Waals surface area contributed by atoms with Crippen LogP contribution in [0.15, 0.2) is 5.16 Å². The Morgan fingerprint density at radius 2 is 2.00 bits per heavy atom. The zero-order valence-electron chi connectivity index (χ0n) is 13.2. The molecule has 0 unspecified atom stereocenters. The maximum Gasteiger partial charge on any atom is 0.228 e. The number of ether oxygens (including phenoxy) is 1. The van der Waals surface area contributed by atoms with Crippen molar-refractivity contribution in [1.29, 1.82) is 0 Å². The van der Waals surface area contributed by atoms with Crippen molar-refractivity contribution in [3.63, 3.8) is 0 Å². The van der Waals surface area contributed by atoms with Crippen LogP contribution in [0.5, 0.6) is 5.88 Å². The van der Waals surface area contributed by atoms with Crippen LogP contribution < -0.4 is 15.4 Å². The highest BCUT2D eigenvalue weighted by Crippen LogP contribution is 2.34. The number of nitrogens with zero attached hydrogens (tertiary/aromatic N) is 3. The Morgan fingerprint density at radius 1 is 1.22 bits per heavy atom. The first kappa shape index (κ1) is 18.0. The summed E-state index contributed by atoms with van der Waals surface area (Å²) in [4.78, 5) is 12.5. The van der Waals surface area contributed by atoms with Crippen LogP contribution in [0.25, 0.3) is 10.9 Å². The largest absolute Gasteiger partial charge is 0.480 e. The molecule has 126 valence electrons. The minimum Gasteiger partial charge on any atom is -0.480 e. The number of aromatic nitrogens is 3. The summed E-state index contributed by atoms with van der Waals surface area (Å²) in [7, 11) is 1.45. The highest BCUT2D eigenvalue weighted by atomic mass is 35.5. The normalized spacial score (nSPS) is 11.0. The van der Waals surface area contributed by atoms with E-state index in [-0.39, 0.29) is 16.5 Å². The number of halogens is 2. The summed E-state index contributed by atoms with van der Waals surface area (Å²) in [6.07, 6.45) is 2.89. The standard InChI is InChI=1S/C14H19ClFN5OS/c1-4-5-17-6-7-18-12-8-10(19-14(21-12)23-3)9(16)11(15)20-13(8)22-2/h17H,4-7H2,1-3H3,(H,18,19,21). The lowest BCUT2D eigenvalue weighted by atomic mass is 10.2. The van der Waals surface area contributed by atoms with E-state index in [1.165, 1.54) is 18.9 Å². The number of rotatable bonds is 8. The molecule has 23 heavy (non-hydrogen) atoms. The molecule has 2 aromatic rings. The first-order valence-corrected chi connectivity index (χ1v) is 8.81. The predicted octanol–water partition coefficient (Wildman–Crippen LogP) is 2.96. The Kier molecular flexibility index (Phi) is 6.61. The van der Waals surface area contributed by atoms with Gasteiger partial charge in [0.1, 0.15) is 16.7 Å². The van der Waals surface area contributed by atoms with Gasteiger partial charge >= 0.3 is 0 Å². The van der Waals surface area contributed by atoms with Gasteiger partial charge in [-0.25, -0.2) is 14.4 Å². The molecule has 0 atom stereocenters. The molecule has 0 aliphatic rings. The van der Waals surface area contributed by atoms with Gasteiger partial charge in [-0.3, -0.25) is 0 Å². The Balaban J connectivity index is 2.42. The topological polar surface area (TPSA) is 72.0 Å². The van der Waals surface area contributed by atoms with Crippen molar-refractivity contribution in [1.82, 2.24) is 20.3 Å². The van der Waals surface area contributed by atoms with Crippen LogP contribution in [0.2, 0.25) is 5.15 Å². The van der Waals surface area contributed by atoms with Crippen molar-refractivity contribution >= 4 is 40.1 Å². The lowest BCUT2D eigenvalue weighted by Gasteiger charge is -2.13. The zero-order chi connectivity index (χ0) is 16.8. The van der Waals surface area contributed by atoms with Gasteiger partial charge in [-0.05, 0) is 19.2 Å². The number of anilines is 1. The molecule has 0 saturated carbocycles. The fourth-order valence-corrected chi connectivity index (χ4v) is 2.56. The van der Waals surface area contributed by atoms with E-state index >= 15 is 0 Å². The van der Waals surface area contributed by atoms with Crippen LogP contribution in [0.4, 0.5) is 10.2 Å². The SMILES string of the molecule is CCCNCCNc1nc(SC)nc2c(F)c(Cl)nc(OC)c12.